The average molecular weight is 173 g/mol. The van der Waals surface area contributed by atoms with E-state index in [4.69, 9.17) is 10.5 Å². The van der Waals surface area contributed by atoms with E-state index in [1.165, 1.54) is 0 Å². The van der Waals surface area contributed by atoms with Crippen LogP contribution in [0.5, 0.6) is 0 Å². The van der Waals surface area contributed by atoms with Crippen LogP contribution in [-0.2, 0) is 4.74 Å². The molecular formula is C10H23NO. The average Bonchev–Trinajstić information content (AvgIpc) is 1.84. The Labute approximate surface area is 76.5 Å². The van der Waals surface area contributed by atoms with E-state index in [0.29, 0.717) is 17.9 Å². The van der Waals surface area contributed by atoms with Crippen molar-refractivity contribution in [3.8, 4) is 0 Å². The molecule has 0 rings (SSSR count). The molecule has 0 bridgehead atoms. The number of methoxy groups -OCH3 is 1. The molecule has 0 aromatic carbocycles. The maximum absolute atomic E-state index is 5.95. The second kappa shape index (κ2) is 6.44. The van der Waals surface area contributed by atoms with Gasteiger partial charge in [0.25, 0.3) is 0 Å². The van der Waals surface area contributed by atoms with E-state index in [0.717, 1.165) is 19.4 Å². The lowest BCUT2D eigenvalue weighted by Gasteiger charge is -2.17. The summed E-state index contributed by atoms with van der Waals surface area (Å²) in [6.07, 6.45) is 2.19. The van der Waals surface area contributed by atoms with Gasteiger partial charge < -0.3 is 10.5 Å². The maximum atomic E-state index is 5.95. The van der Waals surface area contributed by atoms with E-state index in [1.807, 2.05) is 0 Å². The molecule has 0 aliphatic rings. The summed E-state index contributed by atoms with van der Waals surface area (Å²) in [6, 6.07) is 0.343. The Hall–Kier alpha value is -0.0800. The van der Waals surface area contributed by atoms with E-state index in [2.05, 4.69) is 20.8 Å². The normalized spacial score (nSPS) is 16.5. The summed E-state index contributed by atoms with van der Waals surface area (Å²) in [5.41, 5.74) is 5.95. The fourth-order valence-electron chi connectivity index (χ4n) is 1.57. The van der Waals surface area contributed by atoms with Crippen molar-refractivity contribution in [3.05, 3.63) is 0 Å². The predicted molar refractivity (Wildman–Crippen MR) is 53.1 cm³/mol. The minimum Gasteiger partial charge on any atom is -0.384 e. The number of hydrogen-bond acceptors (Lipinski definition) is 2. The SMILES string of the molecule is COCC(C)CC(N)CC(C)C. The summed E-state index contributed by atoms with van der Waals surface area (Å²) in [5, 5.41) is 0. The van der Waals surface area contributed by atoms with Gasteiger partial charge >= 0.3 is 0 Å². The molecule has 2 N–H and O–H groups in total. The first-order valence-electron chi connectivity index (χ1n) is 4.80. The fraction of sp³-hybridized carbons (Fsp3) is 1.00. The van der Waals surface area contributed by atoms with Gasteiger partial charge in [-0.15, -0.1) is 0 Å². The Morgan fingerprint density at radius 1 is 1.17 bits per heavy atom. The second-order valence-electron chi connectivity index (χ2n) is 4.19. The number of nitrogens with two attached hydrogens (primary N) is 1. The lowest BCUT2D eigenvalue weighted by Crippen LogP contribution is -2.25. The standard InChI is InChI=1S/C10H23NO/c1-8(2)5-10(11)6-9(3)7-12-4/h8-10H,5-7,11H2,1-4H3. The number of hydrogen-bond donors (Lipinski definition) is 1. The largest absolute Gasteiger partial charge is 0.384 e. The van der Waals surface area contributed by atoms with Gasteiger partial charge in [0.15, 0.2) is 0 Å². The third-order valence-electron chi connectivity index (χ3n) is 1.93. The summed E-state index contributed by atoms with van der Waals surface area (Å²) in [4.78, 5) is 0. The number of ether oxygens (including phenoxy) is 1. The summed E-state index contributed by atoms with van der Waals surface area (Å²) in [6.45, 7) is 7.43. The first-order chi connectivity index (χ1) is 5.56. The quantitative estimate of drug-likeness (QED) is 0.667. The first-order valence-corrected chi connectivity index (χ1v) is 4.80. The molecule has 2 nitrogen and oxygen atoms in total. The van der Waals surface area contributed by atoms with Gasteiger partial charge in [0.1, 0.15) is 0 Å². The first kappa shape index (κ1) is 11.9. The zero-order valence-corrected chi connectivity index (χ0v) is 8.84. The zero-order chi connectivity index (χ0) is 9.56. The summed E-state index contributed by atoms with van der Waals surface area (Å²) in [5.74, 6) is 1.29. The van der Waals surface area contributed by atoms with Crippen molar-refractivity contribution in [1.29, 1.82) is 0 Å². The molecule has 2 heteroatoms. The minimum absolute atomic E-state index is 0.343. The molecule has 0 aromatic heterocycles. The van der Waals surface area contributed by atoms with Crippen LogP contribution in [0.15, 0.2) is 0 Å². The molecule has 0 spiro atoms. The lowest BCUT2D eigenvalue weighted by molar-refractivity contribution is 0.150. The Bertz CT molecular complexity index is 104. The third-order valence-corrected chi connectivity index (χ3v) is 1.93. The number of rotatable bonds is 6. The van der Waals surface area contributed by atoms with Crippen LogP contribution in [0.4, 0.5) is 0 Å². The molecular weight excluding hydrogens is 150 g/mol. The van der Waals surface area contributed by atoms with Gasteiger partial charge in [0.05, 0.1) is 0 Å². The fourth-order valence-corrected chi connectivity index (χ4v) is 1.57. The van der Waals surface area contributed by atoms with Gasteiger partial charge in [-0.3, -0.25) is 0 Å². The van der Waals surface area contributed by atoms with Crippen LogP contribution in [-0.4, -0.2) is 19.8 Å². The molecule has 0 aromatic rings. The molecule has 2 atom stereocenters. The third kappa shape index (κ3) is 6.62. The van der Waals surface area contributed by atoms with E-state index < -0.39 is 0 Å². The van der Waals surface area contributed by atoms with Crippen LogP contribution in [0.2, 0.25) is 0 Å². The van der Waals surface area contributed by atoms with Crippen LogP contribution in [0.25, 0.3) is 0 Å². The van der Waals surface area contributed by atoms with Crippen LogP contribution < -0.4 is 5.73 Å². The van der Waals surface area contributed by atoms with Crippen LogP contribution in [0.3, 0.4) is 0 Å². The second-order valence-corrected chi connectivity index (χ2v) is 4.19. The van der Waals surface area contributed by atoms with E-state index >= 15 is 0 Å². The zero-order valence-electron chi connectivity index (χ0n) is 8.84. The van der Waals surface area contributed by atoms with Crippen molar-refractivity contribution < 1.29 is 4.74 Å². The summed E-state index contributed by atoms with van der Waals surface area (Å²) >= 11 is 0. The van der Waals surface area contributed by atoms with Crippen molar-refractivity contribution in [2.45, 2.75) is 39.7 Å². The highest BCUT2D eigenvalue weighted by Gasteiger charge is 2.10. The van der Waals surface area contributed by atoms with Gasteiger partial charge in [0, 0.05) is 19.8 Å². The van der Waals surface area contributed by atoms with Crippen molar-refractivity contribution in [3.63, 3.8) is 0 Å². The molecule has 2 unspecified atom stereocenters. The summed E-state index contributed by atoms with van der Waals surface area (Å²) in [7, 11) is 1.74. The van der Waals surface area contributed by atoms with Gasteiger partial charge in [-0.05, 0) is 24.7 Å². The smallest absolute Gasteiger partial charge is 0.0488 e. The van der Waals surface area contributed by atoms with E-state index in [-0.39, 0.29) is 0 Å². The molecule has 0 saturated carbocycles. The van der Waals surface area contributed by atoms with E-state index in [1.54, 1.807) is 7.11 Å². The summed E-state index contributed by atoms with van der Waals surface area (Å²) < 4.78 is 5.05. The Kier molecular flexibility index (Phi) is 6.39. The predicted octanol–water partition coefficient (Wildman–Crippen LogP) is 2.03. The monoisotopic (exact) mass is 173 g/mol. The van der Waals surface area contributed by atoms with Crippen molar-refractivity contribution >= 4 is 0 Å². The molecule has 0 saturated heterocycles. The Balaban J connectivity index is 3.46. The minimum atomic E-state index is 0.343. The lowest BCUT2D eigenvalue weighted by atomic mass is 9.96. The molecule has 0 aliphatic carbocycles. The van der Waals surface area contributed by atoms with Crippen LogP contribution in [0, 0.1) is 11.8 Å². The van der Waals surface area contributed by atoms with Gasteiger partial charge in [-0.1, -0.05) is 20.8 Å². The highest BCUT2D eigenvalue weighted by molar-refractivity contribution is 4.66. The Morgan fingerprint density at radius 2 is 1.75 bits per heavy atom. The van der Waals surface area contributed by atoms with Gasteiger partial charge in [0.2, 0.25) is 0 Å². The van der Waals surface area contributed by atoms with Crippen molar-refractivity contribution in [1.82, 2.24) is 0 Å². The highest BCUT2D eigenvalue weighted by atomic mass is 16.5. The maximum Gasteiger partial charge on any atom is 0.0488 e. The van der Waals surface area contributed by atoms with E-state index in [9.17, 15) is 0 Å². The molecule has 74 valence electrons. The van der Waals surface area contributed by atoms with Crippen LogP contribution in [0.1, 0.15) is 33.6 Å². The molecule has 0 aliphatic heterocycles. The van der Waals surface area contributed by atoms with Crippen LogP contribution >= 0.6 is 0 Å². The topological polar surface area (TPSA) is 35.2 Å². The highest BCUT2D eigenvalue weighted by Crippen LogP contribution is 2.11. The van der Waals surface area contributed by atoms with Gasteiger partial charge in [-0.2, -0.15) is 0 Å². The van der Waals surface area contributed by atoms with Crippen molar-refractivity contribution in [2.75, 3.05) is 13.7 Å². The Morgan fingerprint density at radius 3 is 2.17 bits per heavy atom. The molecule has 0 heterocycles. The molecule has 0 amide bonds. The molecule has 0 radical (unpaired) electrons. The van der Waals surface area contributed by atoms with Crippen molar-refractivity contribution in [2.24, 2.45) is 17.6 Å². The molecule has 12 heavy (non-hydrogen) atoms. The molecule has 0 fully saturated rings. The van der Waals surface area contributed by atoms with Gasteiger partial charge in [-0.25, -0.2) is 0 Å².